The van der Waals surface area contributed by atoms with Crippen molar-refractivity contribution < 1.29 is 27.4 Å². The number of aromatic nitrogens is 2. The molecule has 0 bridgehead atoms. The number of halogens is 3. The summed E-state index contributed by atoms with van der Waals surface area (Å²) in [5.74, 6) is -2.13. The predicted molar refractivity (Wildman–Crippen MR) is 86.9 cm³/mol. The lowest BCUT2D eigenvalue weighted by atomic mass is 10.2. The van der Waals surface area contributed by atoms with Gasteiger partial charge in [0, 0.05) is 0 Å². The summed E-state index contributed by atoms with van der Waals surface area (Å²) in [6.45, 7) is -0.241. The maximum Gasteiger partial charge on any atom is 0.436 e. The number of nitrogens with zero attached hydrogens (tertiary/aromatic N) is 2. The number of alkyl halides is 3. The van der Waals surface area contributed by atoms with Crippen molar-refractivity contribution in [2.24, 2.45) is 0 Å². The van der Waals surface area contributed by atoms with E-state index in [9.17, 15) is 22.8 Å². The van der Waals surface area contributed by atoms with Crippen molar-refractivity contribution in [3.63, 3.8) is 0 Å². The SMILES string of the molecule is COC(=O)c1c(C(F)(F)F)nn(C/C=C/c2ccccc2)c(=O)c1OC. The minimum atomic E-state index is -4.98. The fourth-order valence-corrected chi connectivity index (χ4v) is 2.20. The van der Waals surface area contributed by atoms with Gasteiger partial charge >= 0.3 is 17.7 Å². The lowest BCUT2D eigenvalue weighted by Crippen LogP contribution is -2.31. The Bertz CT molecular complexity index is 874. The first-order valence-electron chi connectivity index (χ1n) is 7.35. The number of carbonyl (C=O) groups excluding carboxylic acids is 1. The van der Waals surface area contributed by atoms with Gasteiger partial charge in [-0.25, -0.2) is 9.48 Å². The average Bonchev–Trinajstić information content (AvgIpc) is 2.61. The van der Waals surface area contributed by atoms with Crippen molar-refractivity contribution in [3.8, 4) is 5.75 Å². The summed E-state index contributed by atoms with van der Waals surface area (Å²) in [5, 5.41) is 3.30. The van der Waals surface area contributed by atoms with E-state index in [2.05, 4.69) is 9.84 Å². The van der Waals surface area contributed by atoms with Gasteiger partial charge in [0.15, 0.2) is 5.69 Å². The number of esters is 1. The van der Waals surface area contributed by atoms with Crippen LogP contribution in [0.3, 0.4) is 0 Å². The predicted octanol–water partition coefficient (Wildman–Crippen LogP) is 2.77. The summed E-state index contributed by atoms with van der Waals surface area (Å²) in [6.07, 6.45) is -1.88. The molecule has 0 spiro atoms. The molecular formula is C17H15F3N2O4. The molecule has 0 aliphatic carbocycles. The maximum absolute atomic E-state index is 13.3. The summed E-state index contributed by atoms with van der Waals surface area (Å²) in [7, 11) is 1.89. The fourth-order valence-electron chi connectivity index (χ4n) is 2.20. The van der Waals surface area contributed by atoms with Crippen LogP contribution in [0.5, 0.6) is 5.75 Å². The van der Waals surface area contributed by atoms with E-state index in [1.54, 1.807) is 30.3 Å². The van der Waals surface area contributed by atoms with E-state index in [4.69, 9.17) is 4.74 Å². The maximum atomic E-state index is 13.3. The van der Waals surface area contributed by atoms with E-state index in [0.29, 0.717) is 4.68 Å². The number of rotatable bonds is 5. The molecule has 1 aromatic heterocycles. The Morgan fingerprint density at radius 1 is 1.23 bits per heavy atom. The first-order chi connectivity index (χ1) is 12.3. The zero-order valence-electron chi connectivity index (χ0n) is 13.9. The molecule has 26 heavy (non-hydrogen) atoms. The number of allylic oxidation sites excluding steroid dienone is 1. The molecule has 2 aromatic rings. The molecule has 6 nitrogen and oxygen atoms in total. The van der Waals surface area contributed by atoms with Crippen LogP contribution in [-0.2, 0) is 17.5 Å². The van der Waals surface area contributed by atoms with Gasteiger partial charge in [-0.3, -0.25) is 4.79 Å². The Kier molecular flexibility index (Phi) is 5.81. The molecule has 0 amide bonds. The molecule has 138 valence electrons. The van der Waals surface area contributed by atoms with Crippen LogP contribution in [-0.4, -0.2) is 30.0 Å². The van der Waals surface area contributed by atoms with Gasteiger partial charge in [-0.2, -0.15) is 18.3 Å². The van der Waals surface area contributed by atoms with E-state index in [1.165, 1.54) is 6.08 Å². The minimum Gasteiger partial charge on any atom is -0.490 e. The highest BCUT2D eigenvalue weighted by Crippen LogP contribution is 2.33. The molecule has 0 atom stereocenters. The third-order valence-electron chi connectivity index (χ3n) is 3.36. The van der Waals surface area contributed by atoms with E-state index in [1.807, 2.05) is 6.07 Å². The van der Waals surface area contributed by atoms with Gasteiger partial charge < -0.3 is 9.47 Å². The van der Waals surface area contributed by atoms with Crippen LogP contribution >= 0.6 is 0 Å². The van der Waals surface area contributed by atoms with E-state index in [0.717, 1.165) is 19.8 Å². The Morgan fingerprint density at radius 3 is 2.42 bits per heavy atom. The molecule has 0 N–H and O–H groups in total. The average molecular weight is 368 g/mol. The molecule has 9 heteroatoms. The van der Waals surface area contributed by atoms with E-state index >= 15 is 0 Å². The molecule has 0 radical (unpaired) electrons. The van der Waals surface area contributed by atoms with Gasteiger partial charge in [0.2, 0.25) is 5.75 Å². The van der Waals surface area contributed by atoms with Crippen LogP contribution in [0.4, 0.5) is 13.2 Å². The van der Waals surface area contributed by atoms with Crippen molar-refractivity contribution >= 4 is 12.0 Å². The van der Waals surface area contributed by atoms with E-state index < -0.39 is 34.7 Å². The highest BCUT2D eigenvalue weighted by atomic mass is 19.4. The van der Waals surface area contributed by atoms with Crippen LogP contribution in [0.25, 0.3) is 6.08 Å². The molecule has 0 aliphatic heterocycles. The Morgan fingerprint density at radius 2 is 1.88 bits per heavy atom. The topological polar surface area (TPSA) is 70.4 Å². The second-order valence-electron chi connectivity index (χ2n) is 5.05. The second kappa shape index (κ2) is 7.85. The minimum absolute atomic E-state index is 0.241. The first kappa shape index (κ1) is 19.2. The Hall–Kier alpha value is -3.10. The third kappa shape index (κ3) is 4.11. The molecule has 2 rings (SSSR count). The molecule has 0 unspecified atom stereocenters. The Balaban J connectivity index is 2.52. The monoisotopic (exact) mass is 368 g/mol. The lowest BCUT2D eigenvalue weighted by Gasteiger charge is -2.15. The van der Waals surface area contributed by atoms with Gasteiger partial charge in [0.05, 0.1) is 20.8 Å². The second-order valence-corrected chi connectivity index (χ2v) is 5.05. The Labute approximate surface area is 146 Å². The molecule has 1 aromatic carbocycles. The molecule has 0 saturated carbocycles. The molecular weight excluding hydrogens is 353 g/mol. The van der Waals surface area contributed by atoms with Crippen LogP contribution in [0, 0.1) is 0 Å². The van der Waals surface area contributed by atoms with Crippen LogP contribution in [0.15, 0.2) is 41.2 Å². The summed E-state index contributed by atoms with van der Waals surface area (Å²) in [5.41, 5.74) is -2.77. The molecule has 0 fully saturated rings. The van der Waals surface area contributed by atoms with Crippen molar-refractivity contribution in [3.05, 3.63) is 63.6 Å². The van der Waals surface area contributed by atoms with Gasteiger partial charge in [-0.15, -0.1) is 0 Å². The summed E-state index contributed by atoms with van der Waals surface area (Å²) in [6, 6.07) is 8.97. The zero-order chi connectivity index (χ0) is 19.3. The lowest BCUT2D eigenvalue weighted by molar-refractivity contribution is -0.143. The number of hydrogen-bond donors (Lipinski definition) is 0. The van der Waals surface area contributed by atoms with Crippen LogP contribution < -0.4 is 10.3 Å². The van der Waals surface area contributed by atoms with Crippen molar-refractivity contribution in [2.45, 2.75) is 12.7 Å². The van der Waals surface area contributed by atoms with Gasteiger partial charge in [0.1, 0.15) is 5.56 Å². The van der Waals surface area contributed by atoms with Crippen LogP contribution in [0.1, 0.15) is 21.6 Å². The fraction of sp³-hybridized carbons (Fsp3) is 0.235. The quantitative estimate of drug-likeness (QED) is 0.759. The van der Waals surface area contributed by atoms with Gasteiger partial charge in [0.25, 0.3) is 0 Å². The van der Waals surface area contributed by atoms with Crippen molar-refractivity contribution in [2.75, 3.05) is 14.2 Å². The van der Waals surface area contributed by atoms with Gasteiger partial charge in [-0.1, -0.05) is 42.5 Å². The molecule has 1 heterocycles. The number of carbonyl (C=O) groups is 1. The van der Waals surface area contributed by atoms with Crippen molar-refractivity contribution in [1.82, 2.24) is 9.78 Å². The number of methoxy groups -OCH3 is 2. The first-order valence-corrected chi connectivity index (χ1v) is 7.35. The highest BCUT2D eigenvalue weighted by Gasteiger charge is 2.41. The molecule has 0 saturated heterocycles. The van der Waals surface area contributed by atoms with Crippen LogP contribution in [0.2, 0.25) is 0 Å². The van der Waals surface area contributed by atoms with Crippen molar-refractivity contribution in [1.29, 1.82) is 0 Å². The smallest absolute Gasteiger partial charge is 0.436 e. The highest BCUT2D eigenvalue weighted by molar-refractivity contribution is 5.93. The summed E-state index contributed by atoms with van der Waals surface area (Å²) >= 11 is 0. The third-order valence-corrected chi connectivity index (χ3v) is 3.36. The number of ether oxygens (including phenoxy) is 2. The standard InChI is InChI=1S/C17H15F3N2O4/c1-25-13-12(16(24)26-2)14(17(18,19)20)21-22(15(13)23)10-6-9-11-7-4-3-5-8-11/h3-9H,10H2,1-2H3/b9-6+. The molecule has 0 aliphatic rings. The van der Waals surface area contributed by atoms with E-state index in [-0.39, 0.29) is 6.54 Å². The van der Waals surface area contributed by atoms with Gasteiger partial charge in [-0.05, 0) is 5.56 Å². The normalized spacial score (nSPS) is 11.6. The summed E-state index contributed by atoms with van der Waals surface area (Å²) < 4.78 is 49.5. The number of benzene rings is 1. The summed E-state index contributed by atoms with van der Waals surface area (Å²) in [4.78, 5) is 24.0. The number of hydrogen-bond acceptors (Lipinski definition) is 5. The largest absolute Gasteiger partial charge is 0.490 e. The zero-order valence-corrected chi connectivity index (χ0v) is 13.9.